The number of hydrogen-bond acceptors (Lipinski definition) is 1. The Bertz CT molecular complexity index is 170. The number of hydrogen-bond donors (Lipinski definition) is 1. The quantitative estimate of drug-likeness (QED) is 0.538. The largest absolute Gasteiger partial charge is 0.327 e. The van der Waals surface area contributed by atoms with E-state index < -0.39 is 0 Å². The molecule has 3 saturated carbocycles. The van der Waals surface area contributed by atoms with Crippen LogP contribution in [0.2, 0.25) is 0 Å². The molecule has 1 nitrogen and oxygen atoms in total. The molecular weight excluding hydrogens is 122 g/mol. The Morgan fingerprint density at radius 3 is 2.40 bits per heavy atom. The topological polar surface area (TPSA) is 26.0 Å². The van der Waals surface area contributed by atoms with Crippen LogP contribution in [0.15, 0.2) is 0 Å². The van der Waals surface area contributed by atoms with Crippen LogP contribution in [0.1, 0.15) is 32.1 Å². The lowest BCUT2D eigenvalue weighted by molar-refractivity contribution is 0.284. The van der Waals surface area contributed by atoms with Crippen LogP contribution >= 0.6 is 0 Å². The fraction of sp³-hybridized carbons (Fsp3) is 1.00. The van der Waals surface area contributed by atoms with Gasteiger partial charge in [0.05, 0.1) is 0 Å². The molecule has 0 aromatic carbocycles. The van der Waals surface area contributed by atoms with Crippen molar-refractivity contribution >= 4 is 0 Å². The summed E-state index contributed by atoms with van der Waals surface area (Å²) in [4.78, 5) is 0. The summed E-state index contributed by atoms with van der Waals surface area (Å²) in [7, 11) is 0. The fourth-order valence-corrected chi connectivity index (χ4v) is 3.35. The molecule has 2 bridgehead atoms. The minimum absolute atomic E-state index is 0.580. The molecule has 3 aliphatic carbocycles. The normalized spacial score (nSPS) is 54.3. The van der Waals surface area contributed by atoms with Crippen molar-refractivity contribution in [1.29, 1.82) is 0 Å². The molecule has 0 saturated heterocycles. The SMILES string of the molecule is NC1CC2CC1CC21CC1. The van der Waals surface area contributed by atoms with E-state index in [9.17, 15) is 0 Å². The van der Waals surface area contributed by atoms with Crippen molar-refractivity contribution in [3.63, 3.8) is 0 Å². The molecule has 0 heterocycles. The first-order chi connectivity index (χ1) is 4.80. The molecule has 0 aromatic heterocycles. The zero-order chi connectivity index (χ0) is 6.77. The molecule has 3 atom stereocenters. The summed E-state index contributed by atoms with van der Waals surface area (Å²) in [6.07, 6.45) is 7.37. The van der Waals surface area contributed by atoms with Gasteiger partial charge in [0.15, 0.2) is 0 Å². The van der Waals surface area contributed by atoms with Crippen LogP contribution in [0.25, 0.3) is 0 Å². The van der Waals surface area contributed by atoms with E-state index in [0.29, 0.717) is 6.04 Å². The predicted octanol–water partition coefficient (Wildman–Crippen LogP) is 1.52. The van der Waals surface area contributed by atoms with E-state index in [4.69, 9.17) is 5.73 Å². The van der Waals surface area contributed by atoms with Gasteiger partial charge in [0.1, 0.15) is 0 Å². The molecule has 3 rings (SSSR count). The standard InChI is InChI=1S/C9H15N/c10-8-4-7-3-6(8)5-9(7)1-2-9/h6-8H,1-5,10H2. The molecule has 3 unspecified atom stereocenters. The Hall–Kier alpha value is -0.0400. The van der Waals surface area contributed by atoms with Crippen LogP contribution in [0, 0.1) is 17.3 Å². The molecule has 2 N–H and O–H groups in total. The maximum absolute atomic E-state index is 5.97. The summed E-state index contributed by atoms with van der Waals surface area (Å²) in [5.74, 6) is 1.97. The Kier molecular flexibility index (Phi) is 0.797. The van der Waals surface area contributed by atoms with Crippen molar-refractivity contribution in [2.24, 2.45) is 23.0 Å². The van der Waals surface area contributed by atoms with Crippen molar-refractivity contribution < 1.29 is 0 Å². The molecule has 1 spiro atoms. The van der Waals surface area contributed by atoms with Gasteiger partial charge in [-0.05, 0) is 49.4 Å². The van der Waals surface area contributed by atoms with Crippen LogP contribution in [-0.2, 0) is 0 Å². The van der Waals surface area contributed by atoms with Gasteiger partial charge in [-0.2, -0.15) is 0 Å². The van der Waals surface area contributed by atoms with Crippen LogP contribution < -0.4 is 5.73 Å². The molecule has 3 aliphatic rings. The summed E-state index contributed by atoms with van der Waals surface area (Å²) < 4.78 is 0. The molecule has 10 heavy (non-hydrogen) atoms. The Labute approximate surface area is 62.0 Å². The van der Waals surface area contributed by atoms with Gasteiger partial charge >= 0.3 is 0 Å². The monoisotopic (exact) mass is 137 g/mol. The average molecular weight is 137 g/mol. The first-order valence-corrected chi connectivity index (χ1v) is 4.56. The molecule has 1 heteroatoms. The smallest absolute Gasteiger partial charge is 0.00703 e. The molecule has 56 valence electrons. The third kappa shape index (κ3) is 0.493. The van der Waals surface area contributed by atoms with Gasteiger partial charge in [-0.1, -0.05) is 0 Å². The first-order valence-electron chi connectivity index (χ1n) is 4.56. The van der Waals surface area contributed by atoms with Crippen LogP contribution in [0.3, 0.4) is 0 Å². The van der Waals surface area contributed by atoms with Gasteiger partial charge in [0.25, 0.3) is 0 Å². The average Bonchev–Trinajstić information content (AvgIpc) is 2.42. The molecule has 0 aliphatic heterocycles. The third-order valence-electron chi connectivity index (χ3n) is 4.18. The van der Waals surface area contributed by atoms with E-state index >= 15 is 0 Å². The second kappa shape index (κ2) is 1.42. The Morgan fingerprint density at radius 1 is 1.20 bits per heavy atom. The third-order valence-corrected chi connectivity index (χ3v) is 4.18. The highest BCUT2D eigenvalue weighted by molar-refractivity contribution is 5.11. The minimum Gasteiger partial charge on any atom is -0.327 e. The lowest BCUT2D eigenvalue weighted by Crippen LogP contribution is -2.30. The summed E-state index contributed by atoms with van der Waals surface area (Å²) in [5, 5.41) is 0. The molecule has 0 amide bonds. The highest BCUT2D eigenvalue weighted by atomic mass is 14.8. The Balaban J connectivity index is 1.90. The van der Waals surface area contributed by atoms with E-state index in [1.54, 1.807) is 0 Å². The molecule has 0 radical (unpaired) electrons. The van der Waals surface area contributed by atoms with Crippen molar-refractivity contribution in [2.45, 2.75) is 38.1 Å². The first kappa shape index (κ1) is 5.59. The highest BCUT2D eigenvalue weighted by Crippen LogP contribution is 2.68. The van der Waals surface area contributed by atoms with Crippen LogP contribution in [0.4, 0.5) is 0 Å². The molecular formula is C9H15N. The molecule has 3 fully saturated rings. The van der Waals surface area contributed by atoms with Crippen molar-refractivity contribution in [3.05, 3.63) is 0 Å². The van der Waals surface area contributed by atoms with Crippen LogP contribution in [0.5, 0.6) is 0 Å². The zero-order valence-electron chi connectivity index (χ0n) is 6.34. The lowest BCUT2D eigenvalue weighted by atomic mass is 9.84. The van der Waals surface area contributed by atoms with Gasteiger partial charge in [-0.3, -0.25) is 0 Å². The number of fused-ring (bicyclic) bond motifs is 3. The predicted molar refractivity (Wildman–Crippen MR) is 40.5 cm³/mol. The van der Waals surface area contributed by atoms with E-state index in [1.165, 1.54) is 32.1 Å². The number of nitrogens with two attached hydrogens (primary N) is 1. The summed E-state index contributed by atoms with van der Waals surface area (Å²) in [6.45, 7) is 0. The van der Waals surface area contributed by atoms with Gasteiger partial charge < -0.3 is 5.73 Å². The zero-order valence-corrected chi connectivity index (χ0v) is 6.34. The maximum atomic E-state index is 5.97. The van der Waals surface area contributed by atoms with Crippen molar-refractivity contribution in [1.82, 2.24) is 0 Å². The lowest BCUT2D eigenvalue weighted by Gasteiger charge is -2.24. The Morgan fingerprint density at radius 2 is 2.00 bits per heavy atom. The van der Waals surface area contributed by atoms with Crippen LogP contribution in [-0.4, -0.2) is 6.04 Å². The fourth-order valence-electron chi connectivity index (χ4n) is 3.35. The summed E-state index contributed by atoms with van der Waals surface area (Å²) in [5.41, 5.74) is 6.83. The second-order valence-electron chi connectivity index (χ2n) is 4.66. The van der Waals surface area contributed by atoms with Crippen molar-refractivity contribution in [3.8, 4) is 0 Å². The van der Waals surface area contributed by atoms with E-state index in [1.807, 2.05) is 0 Å². The van der Waals surface area contributed by atoms with Gasteiger partial charge in [-0.25, -0.2) is 0 Å². The molecule has 0 aromatic rings. The van der Waals surface area contributed by atoms with Gasteiger partial charge in [0.2, 0.25) is 0 Å². The number of rotatable bonds is 0. The van der Waals surface area contributed by atoms with E-state index in [2.05, 4.69) is 0 Å². The van der Waals surface area contributed by atoms with Crippen molar-refractivity contribution in [2.75, 3.05) is 0 Å². The maximum Gasteiger partial charge on any atom is 0.00703 e. The highest BCUT2D eigenvalue weighted by Gasteiger charge is 2.59. The summed E-state index contributed by atoms with van der Waals surface area (Å²) in [6, 6.07) is 0.580. The minimum atomic E-state index is 0.580. The van der Waals surface area contributed by atoms with E-state index in [0.717, 1.165) is 17.3 Å². The van der Waals surface area contributed by atoms with Gasteiger partial charge in [0, 0.05) is 6.04 Å². The summed E-state index contributed by atoms with van der Waals surface area (Å²) >= 11 is 0. The van der Waals surface area contributed by atoms with E-state index in [-0.39, 0.29) is 0 Å². The van der Waals surface area contributed by atoms with Gasteiger partial charge in [-0.15, -0.1) is 0 Å². The second-order valence-corrected chi connectivity index (χ2v) is 4.66.